The molecule has 1 aromatic heterocycles. The normalized spacial score (nSPS) is 20.7. The largest absolute Gasteiger partial charge is 0.349 e. The molecule has 0 saturated heterocycles. The maximum Gasteiger partial charge on any atom is 0.254 e. The first-order valence-corrected chi connectivity index (χ1v) is 8.71. The van der Waals surface area contributed by atoms with E-state index in [4.69, 9.17) is 5.73 Å². The van der Waals surface area contributed by atoms with Gasteiger partial charge in [0, 0.05) is 10.5 Å². The van der Waals surface area contributed by atoms with E-state index in [1.807, 2.05) is 31.2 Å². The molecule has 1 heterocycles. The predicted molar refractivity (Wildman–Crippen MR) is 93.7 cm³/mol. The van der Waals surface area contributed by atoms with Crippen LogP contribution >= 0.6 is 15.9 Å². The van der Waals surface area contributed by atoms with Crippen LogP contribution in [0.5, 0.6) is 0 Å². The Morgan fingerprint density at radius 1 is 1.39 bits per heavy atom. The van der Waals surface area contributed by atoms with Gasteiger partial charge in [0.15, 0.2) is 0 Å². The number of carbonyl (C=O) groups excluding carboxylic acids is 1. The summed E-state index contributed by atoms with van der Waals surface area (Å²) in [6.45, 7) is 2.54. The SMILES string of the molecule is Cc1c(C(=O)NC2CCCC2CN)cnn1-c1ccc(Br)cc1. The lowest BCUT2D eigenvalue weighted by atomic mass is 10.0. The van der Waals surface area contributed by atoms with E-state index in [0.29, 0.717) is 18.0 Å². The lowest BCUT2D eigenvalue weighted by Crippen LogP contribution is -2.40. The van der Waals surface area contributed by atoms with Crippen LogP contribution in [0, 0.1) is 12.8 Å². The van der Waals surface area contributed by atoms with Crippen LogP contribution in [0.3, 0.4) is 0 Å². The minimum Gasteiger partial charge on any atom is -0.349 e. The minimum absolute atomic E-state index is 0.0591. The summed E-state index contributed by atoms with van der Waals surface area (Å²) in [7, 11) is 0. The van der Waals surface area contributed by atoms with Crippen molar-refractivity contribution in [3.05, 3.63) is 46.2 Å². The molecule has 2 aromatic rings. The first-order chi connectivity index (χ1) is 11.1. The number of rotatable bonds is 4. The number of nitrogens with two attached hydrogens (primary N) is 1. The molecule has 0 aliphatic heterocycles. The van der Waals surface area contributed by atoms with E-state index in [1.165, 1.54) is 0 Å². The van der Waals surface area contributed by atoms with Gasteiger partial charge in [0.1, 0.15) is 0 Å². The molecular weight excluding hydrogens is 356 g/mol. The number of hydrogen-bond acceptors (Lipinski definition) is 3. The summed E-state index contributed by atoms with van der Waals surface area (Å²) in [5.74, 6) is 0.331. The number of nitrogens with zero attached hydrogens (tertiary/aromatic N) is 2. The molecule has 3 rings (SSSR count). The average Bonchev–Trinajstić information content (AvgIpc) is 3.14. The molecule has 23 heavy (non-hydrogen) atoms. The summed E-state index contributed by atoms with van der Waals surface area (Å²) in [6.07, 6.45) is 4.87. The van der Waals surface area contributed by atoms with Gasteiger partial charge in [0.25, 0.3) is 5.91 Å². The maximum absolute atomic E-state index is 12.6. The van der Waals surface area contributed by atoms with Gasteiger partial charge in [0.2, 0.25) is 0 Å². The minimum atomic E-state index is -0.0591. The van der Waals surface area contributed by atoms with E-state index in [2.05, 4.69) is 26.3 Å². The summed E-state index contributed by atoms with van der Waals surface area (Å²) in [5.41, 5.74) is 8.19. The fraction of sp³-hybridized carbons (Fsp3) is 0.412. The van der Waals surface area contributed by atoms with E-state index in [-0.39, 0.29) is 11.9 Å². The summed E-state index contributed by atoms with van der Waals surface area (Å²) < 4.78 is 2.80. The maximum atomic E-state index is 12.6. The van der Waals surface area contributed by atoms with E-state index in [1.54, 1.807) is 10.9 Å². The summed E-state index contributed by atoms with van der Waals surface area (Å²) in [4.78, 5) is 12.6. The van der Waals surface area contributed by atoms with Crippen LogP contribution in [-0.2, 0) is 0 Å². The second-order valence-corrected chi connectivity index (χ2v) is 6.95. The molecule has 5 nitrogen and oxygen atoms in total. The molecule has 1 aliphatic rings. The quantitative estimate of drug-likeness (QED) is 0.861. The second kappa shape index (κ2) is 6.84. The van der Waals surface area contributed by atoms with Crippen LogP contribution in [0.15, 0.2) is 34.9 Å². The lowest BCUT2D eigenvalue weighted by Gasteiger charge is -2.19. The van der Waals surface area contributed by atoms with Crippen molar-refractivity contribution in [2.45, 2.75) is 32.2 Å². The van der Waals surface area contributed by atoms with Crippen molar-refractivity contribution < 1.29 is 4.79 Å². The Morgan fingerprint density at radius 3 is 2.83 bits per heavy atom. The van der Waals surface area contributed by atoms with Crippen molar-refractivity contribution >= 4 is 21.8 Å². The first kappa shape index (κ1) is 16.2. The highest BCUT2D eigenvalue weighted by molar-refractivity contribution is 9.10. The van der Waals surface area contributed by atoms with Crippen molar-refractivity contribution in [1.82, 2.24) is 15.1 Å². The van der Waals surface area contributed by atoms with Crippen molar-refractivity contribution in [2.24, 2.45) is 11.7 Å². The Labute approximate surface area is 144 Å². The highest BCUT2D eigenvalue weighted by Gasteiger charge is 2.28. The Kier molecular flexibility index (Phi) is 4.82. The van der Waals surface area contributed by atoms with E-state index in [9.17, 15) is 4.79 Å². The molecular formula is C17H21BrN4O. The van der Waals surface area contributed by atoms with Gasteiger partial charge in [-0.15, -0.1) is 0 Å². The predicted octanol–water partition coefficient (Wildman–Crippen LogP) is 2.80. The van der Waals surface area contributed by atoms with Gasteiger partial charge < -0.3 is 11.1 Å². The number of amides is 1. The van der Waals surface area contributed by atoms with E-state index < -0.39 is 0 Å². The van der Waals surface area contributed by atoms with Crippen molar-refractivity contribution in [3.8, 4) is 5.69 Å². The first-order valence-electron chi connectivity index (χ1n) is 7.91. The summed E-state index contributed by atoms with van der Waals surface area (Å²) >= 11 is 3.42. The molecule has 0 bridgehead atoms. The number of nitrogens with one attached hydrogen (secondary N) is 1. The van der Waals surface area contributed by atoms with Crippen molar-refractivity contribution in [2.75, 3.05) is 6.54 Å². The molecule has 2 atom stereocenters. The molecule has 2 unspecified atom stereocenters. The van der Waals surface area contributed by atoms with Crippen LogP contribution < -0.4 is 11.1 Å². The monoisotopic (exact) mass is 376 g/mol. The molecule has 0 spiro atoms. The van der Waals surface area contributed by atoms with Gasteiger partial charge in [0.05, 0.1) is 23.1 Å². The zero-order chi connectivity index (χ0) is 16.4. The number of aromatic nitrogens is 2. The zero-order valence-corrected chi connectivity index (χ0v) is 14.7. The molecule has 6 heteroatoms. The average molecular weight is 377 g/mol. The molecule has 1 amide bonds. The molecule has 1 saturated carbocycles. The van der Waals surface area contributed by atoms with Gasteiger partial charge in [-0.1, -0.05) is 22.4 Å². The highest BCUT2D eigenvalue weighted by atomic mass is 79.9. The molecule has 0 radical (unpaired) electrons. The standard InChI is InChI=1S/C17H21BrN4O/c1-11-15(17(23)21-16-4-2-3-12(16)9-19)10-20-22(11)14-7-5-13(18)6-8-14/h5-8,10,12,16H,2-4,9,19H2,1H3,(H,21,23). The van der Waals surface area contributed by atoms with Gasteiger partial charge in [-0.3, -0.25) is 4.79 Å². The molecule has 1 aromatic carbocycles. The molecule has 3 N–H and O–H groups in total. The van der Waals surface area contributed by atoms with Crippen LogP contribution in [-0.4, -0.2) is 28.3 Å². The van der Waals surface area contributed by atoms with Crippen molar-refractivity contribution in [1.29, 1.82) is 0 Å². The fourth-order valence-corrected chi connectivity index (χ4v) is 3.49. The van der Waals surface area contributed by atoms with Crippen LogP contribution in [0.2, 0.25) is 0 Å². The van der Waals surface area contributed by atoms with Gasteiger partial charge in [-0.2, -0.15) is 5.10 Å². The van der Waals surface area contributed by atoms with Gasteiger partial charge in [-0.25, -0.2) is 4.68 Å². The smallest absolute Gasteiger partial charge is 0.254 e. The molecule has 1 fully saturated rings. The van der Waals surface area contributed by atoms with Gasteiger partial charge in [-0.05, 0) is 56.5 Å². The molecule has 122 valence electrons. The zero-order valence-electron chi connectivity index (χ0n) is 13.1. The number of halogens is 1. The number of hydrogen-bond donors (Lipinski definition) is 2. The Bertz CT molecular complexity index is 695. The summed E-state index contributed by atoms with van der Waals surface area (Å²) in [6, 6.07) is 8.03. The summed E-state index contributed by atoms with van der Waals surface area (Å²) in [5, 5.41) is 7.50. The van der Waals surface area contributed by atoms with Crippen LogP contribution in [0.25, 0.3) is 5.69 Å². The second-order valence-electron chi connectivity index (χ2n) is 6.04. The highest BCUT2D eigenvalue weighted by Crippen LogP contribution is 2.25. The van der Waals surface area contributed by atoms with E-state index >= 15 is 0 Å². The van der Waals surface area contributed by atoms with Crippen LogP contribution in [0.4, 0.5) is 0 Å². The third-order valence-electron chi connectivity index (χ3n) is 4.60. The fourth-order valence-electron chi connectivity index (χ4n) is 3.23. The Hall–Kier alpha value is -1.66. The topological polar surface area (TPSA) is 72.9 Å². The van der Waals surface area contributed by atoms with Crippen LogP contribution in [0.1, 0.15) is 35.3 Å². The number of benzene rings is 1. The lowest BCUT2D eigenvalue weighted by molar-refractivity contribution is 0.0928. The Balaban J connectivity index is 1.78. The number of carbonyl (C=O) groups is 1. The van der Waals surface area contributed by atoms with Crippen molar-refractivity contribution in [3.63, 3.8) is 0 Å². The van der Waals surface area contributed by atoms with E-state index in [0.717, 1.165) is 35.1 Å². The Morgan fingerprint density at radius 2 is 2.13 bits per heavy atom. The third-order valence-corrected chi connectivity index (χ3v) is 5.13. The third kappa shape index (κ3) is 3.33. The molecule has 1 aliphatic carbocycles. The van der Waals surface area contributed by atoms with Gasteiger partial charge >= 0.3 is 0 Å².